The van der Waals surface area contributed by atoms with Crippen molar-refractivity contribution >= 4 is 17.6 Å². The van der Waals surface area contributed by atoms with Gasteiger partial charge in [-0.3, -0.25) is 0 Å². The Morgan fingerprint density at radius 2 is 1.78 bits per heavy atom. The van der Waals surface area contributed by atoms with E-state index in [1.807, 2.05) is 32.0 Å². The number of aromatic carboxylic acids is 1. The Hall–Kier alpha value is -1.81. The Balaban J connectivity index is 2.64. The Kier molecular flexibility index (Phi) is 3.13. The molecule has 2 rings (SSSR count). The van der Waals surface area contributed by atoms with Crippen molar-refractivity contribution in [3.63, 3.8) is 0 Å². The van der Waals surface area contributed by atoms with E-state index in [0.717, 1.165) is 16.8 Å². The first kappa shape index (κ1) is 12.6. The Bertz CT molecular complexity index is 612. The van der Waals surface area contributed by atoms with Gasteiger partial charge in [-0.05, 0) is 44.0 Å². The number of carboxylic acid groups (broad SMARTS) is 1. The molecule has 0 unspecified atom stereocenters. The van der Waals surface area contributed by atoms with Crippen LogP contribution >= 0.6 is 11.6 Å². The van der Waals surface area contributed by atoms with Crippen molar-refractivity contribution in [3.05, 3.63) is 45.7 Å². The van der Waals surface area contributed by atoms with Crippen LogP contribution in [-0.4, -0.2) is 20.9 Å². The summed E-state index contributed by atoms with van der Waals surface area (Å²) in [5.41, 5.74) is 3.51. The quantitative estimate of drug-likeness (QED) is 0.907. The second-order valence-corrected chi connectivity index (χ2v) is 4.69. The lowest BCUT2D eigenvalue weighted by molar-refractivity contribution is 0.0690. The second kappa shape index (κ2) is 4.46. The number of nitrogens with zero attached hydrogens (tertiary/aromatic N) is 2. The van der Waals surface area contributed by atoms with E-state index in [0.29, 0.717) is 5.69 Å². The minimum absolute atomic E-state index is 0.117. The molecule has 94 valence electrons. The summed E-state index contributed by atoms with van der Waals surface area (Å²) in [5, 5.41) is 13.2. The normalized spacial score (nSPS) is 10.7. The Labute approximate surface area is 110 Å². The van der Waals surface area contributed by atoms with E-state index >= 15 is 0 Å². The van der Waals surface area contributed by atoms with Crippen LogP contribution in [0, 0.1) is 20.8 Å². The fourth-order valence-electron chi connectivity index (χ4n) is 1.94. The highest BCUT2D eigenvalue weighted by Gasteiger charge is 2.19. The number of aryl methyl sites for hydroxylation is 2. The molecule has 1 aromatic heterocycles. The average molecular weight is 265 g/mol. The molecule has 0 radical (unpaired) electrons. The van der Waals surface area contributed by atoms with Gasteiger partial charge in [0.25, 0.3) is 0 Å². The molecule has 1 aromatic carbocycles. The third kappa shape index (κ3) is 2.11. The second-order valence-electron chi connectivity index (χ2n) is 4.31. The van der Waals surface area contributed by atoms with Crippen LogP contribution in [0.4, 0.5) is 0 Å². The predicted molar refractivity (Wildman–Crippen MR) is 69.7 cm³/mol. The van der Waals surface area contributed by atoms with Crippen LogP contribution in [0.15, 0.2) is 18.2 Å². The van der Waals surface area contributed by atoms with E-state index < -0.39 is 5.97 Å². The minimum atomic E-state index is -1.12. The maximum Gasteiger partial charge on any atom is 0.358 e. The molecule has 2 aromatic rings. The van der Waals surface area contributed by atoms with Gasteiger partial charge < -0.3 is 5.11 Å². The first-order valence-corrected chi connectivity index (χ1v) is 5.85. The number of halogens is 1. The molecule has 0 fully saturated rings. The summed E-state index contributed by atoms with van der Waals surface area (Å²) in [5.74, 6) is -1.12. The zero-order chi connectivity index (χ0) is 13.4. The maximum atomic E-state index is 11.0. The summed E-state index contributed by atoms with van der Waals surface area (Å²) in [6.45, 7) is 5.71. The summed E-state index contributed by atoms with van der Waals surface area (Å²) in [7, 11) is 0. The molecule has 0 spiro atoms. The van der Waals surface area contributed by atoms with Gasteiger partial charge in [-0.1, -0.05) is 17.7 Å². The Morgan fingerprint density at radius 1 is 1.22 bits per heavy atom. The average Bonchev–Trinajstić information content (AvgIpc) is 2.55. The highest BCUT2D eigenvalue weighted by atomic mass is 35.5. The first-order chi connectivity index (χ1) is 8.40. The molecule has 0 aliphatic rings. The molecule has 4 nitrogen and oxygen atoms in total. The summed E-state index contributed by atoms with van der Waals surface area (Å²) in [4.78, 5) is 11.0. The van der Waals surface area contributed by atoms with Crippen LogP contribution in [0.5, 0.6) is 0 Å². The van der Waals surface area contributed by atoms with Gasteiger partial charge in [0.15, 0.2) is 5.69 Å². The highest BCUT2D eigenvalue weighted by molar-refractivity contribution is 6.33. The molecular formula is C13H13ClN2O2. The van der Waals surface area contributed by atoms with Crippen molar-refractivity contribution in [2.75, 3.05) is 0 Å². The number of carbonyl (C=O) groups is 1. The number of hydrogen-bond acceptors (Lipinski definition) is 2. The lowest BCUT2D eigenvalue weighted by Crippen LogP contribution is -2.02. The molecular weight excluding hydrogens is 252 g/mol. The van der Waals surface area contributed by atoms with Gasteiger partial charge in [-0.2, -0.15) is 5.10 Å². The summed E-state index contributed by atoms with van der Waals surface area (Å²) < 4.78 is 1.56. The molecule has 0 aliphatic heterocycles. The van der Waals surface area contributed by atoms with Gasteiger partial charge in [-0.25, -0.2) is 9.48 Å². The lowest BCUT2D eigenvalue weighted by atomic mass is 10.1. The Morgan fingerprint density at radius 3 is 2.22 bits per heavy atom. The van der Waals surface area contributed by atoms with Crippen LogP contribution in [-0.2, 0) is 0 Å². The van der Waals surface area contributed by atoms with Crippen LogP contribution in [0.3, 0.4) is 0 Å². The smallest absolute Gasteiger partial charge is 0.358 e. The third-order valence-corrected chi connectivity index (χ3v) is 3.15. The highest BCUT2D eigenvalue weighted by Crippen LogP contribution is 2.24. The third-order valence-electron chi connectivity index (χ3n) is 2.70. The van der Waals surface area contributed by atoms with E-state index in [4.69, 9.17) is 16.7 Å². The number of carboxylic acids is 1. The monoisotopic (exact) mass is 264 g/mol. The summed E-state index contributed by atoms with van der Waals surface area (Å²) >= 11 is 5.97. The van der Waals surface area contributed by atoms with E-state index in [9.17, 15) is 4.79 Å². The molecule has 0 atom stereocenters. The van der Waals surface area contributed by atoms with Crippen LogP contribution in [0.25, 0.3) is 5.69 Å². The van der Waals surface area contributed by atoms with Crippen molar-refractivity contribution in [3.8, 4) is 5.69 Å². The van der Waals surface area contributed by atoms with Crippen LogP contribution in [0.1, 0.15) is 27.3 Å². The molecule has 0 amide bonds. The largest absolute Gasteiger partial charge is 0.476 e. The van der Waals surface area contributed by atoms with Gasteiger partial charge in [0.2, 0.25) is 0 Å². The van der Waals surface area contributed by atoms with Gasteiger partial charge in [0.05, 0.1) is 16.4 Å². The van der Waals surface area contributed by atoms with Gasteiger partial charge in [-0.15, -0.1) is 0 Å². The SMILES string of the molecule is Cc1cc(C)cc(-n2nc(C(=O)O)c(Cl)c2C)c1. The topological polar surface area (TPSA) is 55.1 Å². The van der Waals surface area contributed by atoms with Crippen LogP contribution < -0.4 is 0 Å². The molecule has 0 aliphatic carbocycles. The molecule has 5 heteroatoms. The molecule has 0 bridgehead atoms. The van der Waals surface area contributed by atoms with E-state index in [1.165, 1.54) is 0 Å². The van der Waals surface area contributed by atoms with Crippen molar-refractivity contribution in [1.82, 2.24) is 9.78 Å². The lowest BCUT2D eigenvalue weighted by Gasteiger charge is -2.07. The zero-order valence-corrected chi connectivity index (χ0v) is 11.1. The van der Waals surface area contributed by atoms with Crippen molar-refractivity contribution in [1.29, 1.82) is 0 Å². The minimum Gasteiger partial charge on any atom is -0.476 e. The summed E-state index contributed by atoms with van der Waals surface area (Å²) in [6.07, 6.45) is 0. The van der Waals surface area contributed by atoms with E-state index in [1.54, 1.807) is 11.6 Å². The van der Waals surface area contributed by atoms with Gasteiger partial charge in [0.1, 0.15) is 0 Å². The van der Waals surface area contributed by atoms with Gasteiger partial charge in [0, 0.05) is 0 Å². The van der Waals surface area contributed by atoms with Crippen molar-refractivity contribution in [2.24, 2.45) is 0 Å². The maximum absolute atomic E-state index is 11.0. The van der Waals surface area contributed by atoms with Crippen LogP contribution in [0.2, 0.25) is 5.02 Å². The van der Waals surface area contributed by atoms with Crippen molar-refractivity contribution < 1.29 is 9.90 Å². The zero-order valence-electron chi connectivity index (χ0n) is 10.4. The molecule has 0 saturated heterocycles. The number of aromatic nitrogens is 2. The van der Waals surface area contributed by atoms with Crippen molar-refractivity contribution in [2.45, 2.75) is 20.8 Å². The number of benzene rings is 1. The fourth-order valence-corrected chi connectivity index (χ4v) is 2.14. The molecule has 1 heterocycles. The molecule has 1 N–H and O–H groups in total. The molecule has 18 heavy (non-hydrogen) atoms. The number of hydrogen-bond donors (Lipinski definition) is 1. The summed E-state index contributed by atoms with van der Waals surface area (Å²) in [6, 6.07) is 5.92. The number of rotatable bonds is 2. The van der Waals surface area contributed by atoms with E-state index in [-0.39, 0.29) is 10.7 Å². The predicted octanol–water partition coefficient (Wildman–Crippen LogP) is 3.15. The van der Waals surface area contributed by atoms with E-state index in [2.05, 4.69) is 5.10 Å². The fraction of sp³-hybridized carbons (Fsp3) is 0.231. The standard InChI is InChI=1S/C13H13ClN2O2/c1-7-4-8(2)6-10(5-7)16-9(3)11(14)12(15-16)13(17)18/h4-6H,1-3H3,(H,17,18). The van der Waals surface area contributed by atoms with Gasteiger partial charge >= 0.3 is 5.97 Å². The first-order valence-electron chi connectivity index (χ1n) is 5.47. The molecule has 0 saturated carbocycles.